The average Bonchev–Trinajstić information content (AvgIpc) is 2.51. The van der Waals surface area contributed by atoms with E-state index >= 15 is 0 Å². The summed E-state index contributed by atoms with van der Waals surface area (Å²) >= 11 is 0. The zero-order chi connectivity index (χ0) is 15.1. The van der Waals surface area contributed by atoms with Crippen molar-refractivity contribution in [1.82, 2.24) is 5.43 Å². The normalized spacial score (nSPS) is 12.2. The van der Waals surface area contributed by atoms with Crippen molar-refractivity contribution in [3.05, 3.63) is 65.7 Å². The summed E-state index contributed by atoms with van der Waals surface area (Å²) in [4.78, 5) is 12.0. The SMILES string of the molecule is CO[C@@H](C(=O)N/N=C\c1ccc(O)cc1)c1ccccc1. The van der Waals surface area contributed by atoms with Crippen molar-refractivity contribution >= 4 is 12.1 Å². The maximum absolute atomic E-state index is 12.0. The minimum absolute atomic E-state index is 0.180. The first-order chi connectivity index (χ1) is 10.2. The minimum atomic E-state index is -0.705. The van der Waals surface area contributed by atoms with E-state index in [9.17, 15) is 9.90 Å². The van der Waals surface area contributed by atoms with Crippen LogP contribution in [0.1, 0.15) is 17.2 Å². The van der Waals surface area contributed by atoms with Crippen molar-refractivity contribution in [3.8, 4) is 5.75 Å². The average molecular weight is 284 g/mol. The Labute approximate surface area is 122 Å². The Balaban J connectivity index is 1.98. The van der Waals surface area contributed by atoms with E-state index in [0.29, 0.717) is 0 Å². The van der Waals surface area contributed by atoms with Crippen molar-refractivity contribution in [2.24, 2.45) is 5.10 Å². The Kier molecular flexibility index (Phi) is 5.06. The van der Waals surface area contributed by atoms with Gasteiger partial charge in [-0.1, -0.05) is 30.3 Å². The number of phenols is 1. The van der Waals surface area contributed by atoms with Crippen LogP contribution in [0.2, 0.25) is 0 Å². The van der Waals surface area contributed by atoms with Gasteiger partial charge in [-0.15, -0.1) is 0 Å². The van der Waals surface area contributed by atoms with Gasteiger partial charge in [-0.05, 0) is 35.4 Å². The molecule has 0 heterocycles. The number of ether oxygens (including phenoxy) is 1. The number of hydrazone groups is 1. The van der Waals surface area contributed by atoms with Crippen molar-refractivity contribution < 1.29 is 14.6 Å². The zero-order valence-electron chi connectivity index (χ0n) is 11.6. The highest BCUT2D eigenvalue weighted by atomic mass is 16.5. The van der Waals surface area contributed by atoms with Crippen LogP contribution in [-0.2, 0) is 9.53 Å². The molecule has 108 valence electrons. The lowest BCUT2D eigenvalue weighted by molar-refractivity contribution is -0.131. The van der Waals surface area contributed by atoms with Gasteiger partial charge in [-0.2, -0.15) is 5.10 Å². The summed E-state index contributed by atoms with van der Waals surface area (Å²) in [5.41, 5.74) is 3.97. The van der Waals surface area contributed by atoms with Gasteiger partial charge >= 0.3 is 0 Å². The molecule has 0 saturated heterocycles. The lowest BCUT2D eigenvalue weighted by Gasteiger charge is -2.13. The summed E-state index contributed by atoms with van der Waals surface area (Å²) in [5, 5.41) is 13.0. The molecule has 0 unspecified atom stereocenters. The molecular formula is C16H16N2O3. The monoisotopic (exact) mass is 284 g/mol. The van der Waals surface area contributed by atoms with Crippen molar-refractivity contribution in [2.45, 2.75) is 6.10 Å². The number of aromatic hydroxyl groups is 1. The van der Waals surface area contributed by atoms with Gasteiger partial charge < -0.3 is 9.84 Å². The van der Waals surface area contributed by atoms with E-state index in [-0.39, 0.29) is 11.7 Å². The van der Waals surface area contributed by atoms with E-state index < -0.39 is 6.10 Å². The molecule has 21 heavy (non-hydrogen) atoms. The van der Waals surface area contributed by atoms with E-state index in [1.807, 2.05) is 30.3 Å². The van der Waals surface area contributed by atoms with Crippen LogP contribution in [0.5, 0.6) is 5.75 Å². The lowest BCUT2D eigenvalue weighted by Crippen LogP contribution is -2.26. The molecule has 0 saturated carbocycles. The summed E-state index contributed by atoms with van der Waals surface area (Å²) in [6, 6.07) is 15.7. The molecule has 2 rings (SSSR count). The lowest BCUT2D eigenvalue weighted by atomic mass is 10.1. The maximum atomic E-state index is 12.0. The molecule has 0 fully saturated rings. The van der Waals surface area contributed by atoms with Gasteiger partial charge in [-0.25, -0.2) is 5.43 Å². The molecule has 2 aromatic carbocycles. The summed E-state index contributed by atoms with van der Waals surface area (Å²) < 4.78 is 5.20. The molecule has 2 aromatic rings. The standard InChI is InChI=1S/C16H16N2O3/c1-21-15(13-5-3-2-4-6-13)16(20)18-17-11-12-7-9-14(19)10-8-12/h2-11,15,19H,1H3,(H,18,20)/b17-11-/t15-/m1/s1. The highest BCUT2D eigenvalue weighted by Gasteiger charge is 2.18. The van der Waals surface area contributed by atoms with E-state index in [1.165, 1.54) is 13.3 Å². The topological polar surface area (TPSA) is 70.9 Å². The summed E-state index contributed by atoms with van der Waals surface area (Å²) in [6.07, 6.45) is 0.790. The number of hydrogen-bond acceptors (Lipinski definition) is 4. The van der Waals surface area contributed by atoms with Crippen LogP contribution in [0.25, 0.3) is 0 Å². The highest BCUT2D eigenvalue weighted by Crippen LogP contribution is 2.16. The van der Waals surface area contributed by atoms with Crippen LogP contribution in [0.4, 0.5) is 0 Å². The Morgan fingerprint density at radius 3 is 2.48 bits per heavy atom. The van der Waals surface area contributed by atoms with Crippen LogP contribution in [0.3, 0.4) is 0 Å². The fourth-order valence-corrected chi connectivity index (χ4v) is 1.81. The van der Waals surface area contributed by atoms with Gasteiger partial charge in [0.15, 0.2) is 6.10 Å². The third kappa shape index (κ3) is 4.15. The summed E-state index contributed by atoms with van der Waals surface area (Å²) in [5.74, 6) is -0.168. The predicted molar refractivity (Wildman–Crippen MR) is 80.0 cm³/mol. The molecule has 2 N–H and O–H groups in total. The number of carbonyl (C=O) groups excluding carboxylic acids is 1. The van der Waals surface area contributed by atoms with E-state index in [0.717, 1.165) is 11.1 Å². The Morgan fingerprint density at radius 1 is 1.19 bits per heavy atom. The van der Waals surface area contributed by atoms with Crippen LogP contribution < -0.4 is 5.43 Å². The third-order valence-electron chi connectivity index (χ3n) is 2.86. The minimum Gasteiger partial charge on any atom is -0.508 e. The molecule has 0 aromatic heterocycles. The van der Waals surface area contributed by atoms with E-state index in [2.05, 4.69) is 10.5 Å². The molecular weight excluding hydrogens is 268 g/mol. The van der Waals surface area contributed by atoms with Crippen molar-refractivity contribution in [2.75, 3.05) is 7.11 Å². The van der Waals surface area contributed by atoms with Gasteiger partial charge in [0, 0.05) is 7.11 Å². The number of hydrogen-bond donors (Lipinski definition) is 2. The molecule has 0 aliphatic heterocycles. The molecule has 0 bridgehead atoms. The molecule has 5 heteroatoms. The zero-order valence-corrected chi connectivity index (χ0v) is 11.6. The highest BCUT2D eigenvalue weighted by molar-refractivity contribution is 5.85. The van der Waals surface area contributed by atoms with Crippen molar-refractivity contribution in [3.63, 3.8) is 0 Å². The molecule has 0 aliphatic rings. The second-order valence-corrected chi connectivity index (χ2v) is 4.35. The van der Waals surface area contributed by atoms with E-state index in [1.54, 1.807) is 24.3 Å². The molecule has 1 atom stereocenters. The smallest absolute Gasteiger partial charge is 0.273 e. The van der Waals surface area contributed by atoms with Gasteiger partial charge in [0.2, 0.25) is 0 Å². The number of amides is 1. The second kappa shape index (κ2) is 7.21. The van der Waals surface area contributed by atoms with Crippen LogP contribution >= 0.6 is 0 Å². The third-order valence-corrected chi connectivity index (χ3v) is 2.86. The first-order valence-electron chi connectivity index (χ1n) is 6.40. The maximum Gasteiger partial charge on any atom is 0.273 e. The fourth-order valence-electron chi connectivity index (χ4n) is 1.81. The number of methoxy groups -OCH3 is 1. The Morgan fingerprint density at radius 2 is 1.86 bits per heavy atom. The predicted octanol–water partition coefficient (Wildman–Crippen LogP) is 2.23. The van der Waals surface area contributed by atoms with Crippen LogP contribution in [0.15, 0.2) is 59.7 Å². The second-order valence-electron chi connectivity index (χ2n) is 4.35. The number of rotatable bonds is 5. The van der Waals surface area contributed by atoms with Crippen molar-refractivity contribution in [1.29, 1.82) is 0 Å². The van der Waals surface area contributed by atoms with Crippen LogP contribution in [0, 0.1) is 0 Å². The number of nitrogens with zero attached hydrogens (tertiary/aromatic N) is 1. The Hall–Kier alpha value is -2.66. The quantitative estimate of drug-likeness (QED) is 0.653. The largest absolute Gasteiger partial charge is 0.508 e. The molecule has 0 aliphatic carbocycles. The number of nitrogens with one attached hydrogen (secondary N) is 1. The van der Waals surface area contributed by atoms with Gasteiger partial charge in [0.05, 0.1) is 6.21 Å². The fraction of sp³-hybridized carbons (Fsp3) is 0.125. The Bertz CT molecular complexity index is 609. The molecule has 1 amide bonds. The van der Waals surface area contributed by atoms with Gasteiger partial charge in [0.25, 0.3) is 5.91 Å². The van der Waals surface area contributed by atoms with Crippen LogP contribution in [-0.4, -0.2) is 24.3 Å². The van der Waals surface area contributed by atoms with Gasteiger partial charge in [-0.3, -0.25) is 4.79 Å². The first kappa shape index (κ1) is 14.7. The molecule has 0 spiro atoms. The summed E-state index contributed by atoms with van der Waals surface area (Å²) in [7, 11) is 1.47. The van der Waals surface area contributed by atoms with E-state index in [4.69, 9.17) is 4.74 Å². The molecule has 0 radical (unpaired) electrons. The number of benzene rings is 2. The summed E-state index contributed by atoms with van der Waals surface area (Å²) in [6.45, 7) is 0. The van der Waals surface area contributed by atoms with Gasteiger partial charge in [0.1, 0.15) is 5.75 Å². The first-order valence-corrected chi connectivity index (χ1v) is 6.40. The number of phenolic OH excluding ortho intramolecular Hbond substituents is 1. The number of carbonyl (C=O) groups is 1. The molecule has 5 nitrogen and oxygen atoms in total.